The van der Waals surface area contributed by atoms with E-state index >= 15 is 0 Å². The van der Waals surface area contributed by atoms with Gasteiger partial charge in [-0.1, -0.05) is 0 Å². The summed E-state index contributed by atoms with van der Waals surface area (Å²) in [5, 5.41) is 12.4. The lowest BCUT2D eigenvalue weighted by Gasteiger charge is -2.37. The standard InChI is InChI=1S/C11H22N2O2/c1-11(2,3)13(10(14)15)8-9-4-6-12-7-5-9/h9,12H,4-8H2,1-3H3,(H,14,15). The maximum absolute atomic E-state index is 11.1. The Labute approximate surface area is 91.6 Å². The average Bonchev–Trinajstić information content (AvgIpc) is 2.13. The molecule has 1 saturated heterocycles. The smallest absolute Gasteiger partial charge is 0.407 e. The summed E-state index contributed by atoms with van der Waals surface area (Å²) < 4.78 is 0. The van der Waals surface area contributed by atoms with Crippen molar-refractivity contribution in [2.24, 2.45) is 5.92 Å². The molecule has 1 heterocycles. The Morgan fingerprint density at radius 1 is 1.40 bits per heavy atom. The van der Waals surface area contributed by atoms with Crippen molar-refractivity contribution in [3.8, 4) is 0 Å². The lowest BCUT2D eigenvalue weighted by atomic mass is 9.95. The van der Waals surface area contributed by atoms with Crippen molar-refractivity contribution in [1.29, 1.82) is 0 Å². The highest BCUT2D eigenvalue weighted by atomic mass is 16.4. The van der Waals surface area contributed by atoms with E-state index in [2.05, 4.69) is 5.32 Å². The van der Waals surface area contributed by atoms with Gasteiger partial charge >= 0.3 is 6.09 Å². The van der Waals surface area contributed by atoms with E-state index in [1.165, 1.54) is 0 Å². The number of nitrogens with one attached hydrogen (secondary N) is 1. The second-order valence-corrected chi connectivity index (χ2v) is 5.26. The molecule has 0 unspecified atom stereocenters. The zero-order chi connectivity index (χ0) is 11.5. The largest absolute Gasteiger partial charge is 0.465 e. The first-order valence-corrected chi connectivity index (χ1v) is 5.62. The van der Waals surface area contributed by atoms with Crippen LogP contribution in [0.25, 0.3) is 0 Å². The highest BCUT2D eigenvalue weighted by Crippen LogP contribution is 2.20. The monoisotopic (exact) mass is 214 g/mol. The quantitative estimate of drug-likeness (QED) is 0.736. The normalized spacial score (nSPS) is 18.9. The highest BCUT2D eigenvalue weighted by Gasteiger charge is 2.28. The van der Waals surface area contributed by atoms with Crippen LogP contribution in [-0.4, -0.2) is 41.3 Å². The fourth-order valence-corrected chi connectivity index (χ4v) is 1.96. The van der Waals surface area contributed by atoms with Crippen LogP contribution < -0.4 is 5.32 Å². The van der Waals surface area contributed by atoms with Gasteiger partial charge in [0.25, 0.3) is 0 Å². The molecular formula is C11H22N2O2. The van der Waals surface area contributed by atoms with Crippen LogP contribution in [0.15, 0.2) is 0 Å². The maximum atomic E-state index is 11.1. The van der Waals surface area contributed by atoms with Crippen LogP contribution in [0.5, 0.6) is 0 Å². The molecule has 2 N–H and O–H groups in total. The molecule has 0 aromatic rings. The van der Waals surface area contributed by atoms with Gasteiger partial charge in [-0.05, 0) is 52.6 Å². The second kappa shape index (κ2) is 4.84. The first kappa shape index (κ1) is 12.3. The Balaban J connectivity index is 2.54. The SMILES string of the molecule is CC(C)(C)N(CC1CCNCC1)C(=O)O. The molecular weight excluding hydrogens is 192 g/mol. The summed E-state index contributed by atoms with van der Waals surface area (Å²) in [6, 6.07) is 0. The predicted molar refractivity (Wildman–Crippen MR) is 60.1 cm³/mol. The number of rotatable bonds is 2. The maximum Gasteiger partial charge on any atom is 0.407 e. The molecule has 1 aliphatic heterocycles. The highest BCUT2D eigenvalue weighted by molar-refractivity contribution is 5.66. The Bertz CT molecular complexity index is 217. The molecule has 0 radical (unpaired) electrons. The van der Waals surface area contributed by atoms with Crippen molar-refractivity contribution in [2.75, 3.05) is 19.6 Å². The minimum Gasteiger partial charge on any atom is -0.465 e. The molecule has 88 valence electrons. The molecule has 0 aromatic carbocycles. The third kappa shape index (κ3) is 3.70. The summed E-state index contributed by atoms with van der Waals surface area (Å²) in [6.45, 7) is 8.54. The molecule has 4 heteroatoms. The van der Waals surface area contributed by atoms with Crippen molar-refractivity contribution < 1.29 is 9.90 Å². The number of piperidine rings is 1. The third-order valence-corrected chi connectivity index (χ3v) is 2.94. The molecule has 15 heavy (non-hydrogen) atoms. The molecule has 0 saturated carbocycles. The van der Waals surface area contributed by atoms with Crippen molar-refractivity contribution in [3.63, 3.8) is 0 Å². The summed E-state index contributed by atoms with van der Waals surface area (Å²) in [4.78, 5) is 12.7. The van der Waals surface area contributed by atoms with Gasteiger partial charge in [0, 0.05) is 12.1 Å². The van der Waals surface area contributed by atoms with Gasteiger partial charge in [-0.2, -0.15) is 0 Å². The fraction of sp³-hybridized carbons (Fsp3) is 0.909. The van der Waals surface area contributed by atoms with Gasteiger partial charge in [0.2, 0.25) is 0 Å². The van der Waals surface area contributed by atoms with E-state index in [1.807, 2.05) is 20.8 Å². The van der Waals surface area contributed by atoms with Crippen LogP contribution in [0.1, 0.15) is 33.6 Å². The summed E-state index contributed by atoms with van der Waals surface area (Å²) >= 11 is 0. The van der Waals surface area contributed by atoms with E-state index in [9.17, 15) is 4.79 Å². The number of nitrogens with zero attached hydrogens (tertiary/aromatic N) is 1. The zero-order valence-corrected chi connectivity index (χ0v) is 9.92. The van der Waals surface area contributed by atoms with Crippen molar-refractivity contribution >= 4 is 6.09 Å². The summed E-state index contributed by atoms with van der Waals surface area (Å²) in [7, 11) is 0. The second-order valence-electron chi connectivity index (χ2n) is 5.26. The summed E-state index contributed by atoms with van der Waals surface area (Å²) in [5.41, 5.74) is -0.295. The van der Waals surface area contributed by atoms with E-state index in [4.69, 9.17) is 5.11 Å². The van der Waals surface area contributed by atoms with Crippen LogP contribution >= 0.6 is 0 Å². The van der Waals surface area contributed by atoms with Crippen LogP contribution in [0.3, 0.4) is 0 Å². The third-order valence-electron chi connectivity index (χ3n) is 2.94. The minimum absolute atomic E-state index is 0.295. The molecule has 1 rings (SSSR count). The molecule has 0 aliphatic carbocycles. The van der Waals surface area contributed by atoms with Crippen LogP contribution in [0.4, 0.5) is 4.79 Å². The number of amides is 1. The lowest BCUT2D eigenvalue weighted by Crippen LogP contribution is -2.48. The number of carboxylic acid groups (broad SMARTS) is 1. The molecule has 0 aromatic heterocycles. The molecule has 4 nitrogen and oxygen atoms in total. The molecule has 1 fully saturated rings. The van der Waals surface area contributed by atoms with Gasteiger partial charge in [0.05, 0.1) is 0 Å². The van der Waals surface area contributed by atoms with Gasteiger partial charge in [-0.3, -0.25) is 0 Å². The lowest BCUT2D eigenvalue weighted by molar-refractivity contribution is 0.0842. The van der Waals surface area contributed by atoms with Crippen molar-refractivity contribution in [2.45, 2.75) is 39.2 Å². The Kier molecular flexibility index (Phi) is 3.97. The van der Waals surface area contributed by atoms with Crippen LogP contribution in [0, 0.1) is 5.92 Å². The predicted octanol–water partition coefficient (Wildman–Crippen LogP) is 1.76. The van der Waals surface area contributed by atoms with E-state index < -0.39 is 6.09 Å². The Morgan fingerprint density at radius 3 is 2.33 bits per heavy atom. The summed E-state index contributed by atoms with van der Waals surface area (Å²) in [6.07, 6.45) is 1.36. The van der Waals surface area contributed by atoms with Gasteiger partial charge < -0.3 is 15.3 Å². The topological polar surface area (TPSA) is 52.6 Å². The molecule has 1 aliphatic rings. The first-order chi connectivity index (χ1) is 6.91. The van der Waals surface area contributed by atoms with E-state index in [-0.39, 0.29) is 5.54 Å². The molecule has 1 amide bonds. The van der Waals surface area contributed by atoms with E-state index in [0.717, 1.165) is 25.9 Å². The molecule has 0 atom stereocenters. The van der Waals surface area contributed by atoms with E-state index in [0.29, 0.717) is 12.5 Å². The first-order valence-electron chi connectivity index (χ1n) is 5.62. The average molecular weight is 214 g/mol. The fourth-order valence-electron chi connectivity index (χ4n) is 1.96. The van der Waals surface area contributed by atoms with Crippen molar-refractivity contribution in [3.05, 3.63) is 0 Å². The molecule has 0 bridgehead atoms. The zero-order valence-electron chi connectivity index (χ0n) is 9.92. The van der Waals surface area contributed by atoms with Gasteiger partial charge in [0.15, 0.2) is 0 Å². The van der Waals surface area contributed by atoms with Crippen LogP contribution in [-0.2, 0) is 0 Å². The number of carbonyl (C=O) groups is 1. The van der Waals surface area contributed by atoms with Crippen molar-refractivity contribution in [1.82, 2.24) is 10.2 Å². The minimum atomic E-state index is -0.805. The summed E-state index contributed by atoms with van der Waals surface area (Å²) in [5.74, 6) is 0.515. The Morgan fingerprint density at radius 2 is 1.93 bits per heavy atom. The Hall–Kier alpha value is -0.770. The number of hydrogen-bond donors (Lipinski definition) is 2. The van der Waals surface area contributed by atoms with Gasteiger partial charge in [-0.15, -0.1) is 0 Å². The van der Waals surface area contributed by atoms with Gasteiger partial charge in [0.1, 0.15) is 0 Å². The number of hydrogen-bond acceptors (Lipinski definition) is 2. The van der Waals surface area contributed by atoms with Gasteiger partial charge in [-0.25, -0.2) is 4.79 Å². The molecule has 0 spiro atoms. The van der Waals surface area contributed by atoms with Crippen LogP contribution in [0.2, 0.25) is 0 Å². The van der Waals surface area contributed by atoms with E-state index in [1.54, 1.807) is 4.90 Å².